The molecular weight excluding hydrogens is 290 g/mol. The first kappa shape index (κ1) is 16.8. The number of amides is 1. The van der Waals surface area contributed by atoms with E-state index in [1.807, 2.05) is 20.2 Å². The van der Waals surface area contributed by atoms with Gasteiger partial charge in [0, 0.05) is 31.8 Å². The number of carbonyl (C=O) groups is 1. The van der Waals surface area contributed by atoms with Crippen LogP contribution in [0.1, 0.15) is 24.6 Å². The first-order chi connectivity index (χ1) is 8.91. The predicted octanol–water partition coefficient (Wildman–Crippen LogP) is 1.02. The Kier molecular flexibility index (Phi) is 5.47. The van der Waals surface area contributed by atoms with Crippen LogP contribution >= 0.6 is 12.4 Å². The van der Waals surface area contributed by atoms with Crippen molar-refractivity contribution in [1.82, 2.24) is 20.4 Å². The van der Waals surface area contributed by atoms with Gasteiger partial charge in [0.05, 0.1) is 18.3 Å². The molecule has 1 fully saturated rings. The van der Waals surface area contributed by atoms with Gasteiger partial charge in [-0.1, -0.05) is 6.92 Å². The molecule has 0 radical (unpaired) electrons. The van der Waals surface area contributed by atoms with Gasteiger partial charge in [0.2, 0.25) is 5.91 Å². The van der Waals surface area contributed by atoms with Crippen molar-refractivity contribution >= 4 is 18.3 Å². The monoisotopic (exact) mass is 308 g/mol. The Bertz CT molecular complexity index is 478. The normalized spacial score (nSPS) is 20.5. The van der Waals surface area contributed by atoms with Gasteiger partial charge in [-0.3, -0.25) is 14.8 Å². The average molecular weight is 309 g/mol. The standard InChI is InChI=1S/C12H18F2N4O.ClH/c1-3-9-8(6-18(2)17-9)5-15-11(19)10-4-12(13,14)7-16-10;/h6,10,16H,3-5,7H2,1-2H3,(H,15,19);1H. The number of hydrogen-bond acceptors (Lipinski definition) is 3. The third-order valence-corrected chi connectivity index (χ3v) is 3.21. The number of carbonyl (C=O) groups excluding carboxylic acids is 1. The molecule has 1 aliphatic rings. The van der Waals surface area contributed by atoms with E-state index < -0.39 is 24.9 Å². The van der Waals surface area contributed by atoms with Crippen molar-refractivity contribution in [3.63, 3.8) is 0 Å². The minimum absolute atomic E-state index is 0. The lowest BCUT2D eigenvalue weighted by molar-refractivity contribution is -0.123. The molecule has 2 N–H and O–H groups in total. The van der Waals surface area contributed by atoms with Crippen molar-refractivity contribution in [2.24, 2.45) is 7.05 Å². The summed E-state index contributed by atoms with van der Waals surface area (Å²) in [5, 5.41) is 9.47. The van der Waals surface area contributed by atoms with E-state index in [-0.39, 0.29) is 18.3 Å². The summed E-state index contributed by atoms with van der Waals surface area (Å²) in [5.74, 6) is -3.17. The summed E-state index contributed by atoms with van der Waals surface area (Å²) < 4.78 is 27.7. The molecule has 2 heterocycles. The summed E-state index contributed by atoms with van der Waals surface area (Å²) in [6.45, 7) is 1.87. The number of aromatic nitrogens is 2. The molecule has 1 atom stereocenters. The third kappa shape index (κ3) is 3.89. The Morgan fingerprint density at radius 1 is 1.65 bits per heavy atom. The van der Waals surface area contributed by atoms with E-state index in [1.54, 1.807) is 4.68 Å². The molecule has 0 bridgehead atoms. The van der Waals surface area contributed by atoms with Crippen LogP contribution in [-0.4, -0.2) is 34.2 Å². The fourth-order valence-corrected chi connectivity index (χ4v) is 2.24. The second kappa shape index (κ2) is 6.49. The number of nitrogens with one attached hydrogen (secondary N) is 2. The number of aryl methyl sites for hydroxylation is 2. The van der Waals surface area contributed by atoms with E-state index in [0.29, 0.717) is 6.54 Å². The summed E-state index contributed by atoms with van der Waals surface area (Å²) in [4.78, 5) is 11.8. The van der Waals surface area contributed by atoms with E-state index in [2.05, 4.69) is 15.7 Å². The van der Waals surface area contributed by atoms with E-state index in [0.717, 1.165) is 17.7 Å². The van der Waals surface area contributed by atoms with Crippen molar-refractivity contribution < 1.29 is 13.6 Å². The van der Waals surface area contributed by atoms with Crippen molar-refractivity contribution in [2.75, 3.05) is 6.54 Å². The molecule has 8 heteroatoms. The van der Waals surface area contributed by atoms with Gasteiger partial charge in [-0.25, -0.2) is 8.78 Å². The van der Waals surface area contributed by atoms with Crippen LogP contribution in [0, 0.1) is 0 Å². The van der Waals surface area contributed by atoms with Gasteiger partial charge >= 0.3 is 0 Å². The number of nitrogens with zero attached hydrogens (tertiary/aromatic N) is 2. The largest absolute Gasteiger partial charge is 0.351 e. The topological polar surface area (TPSA) is 59.0 Å². The van der Waals surface area contributed by atoms with Crippen LogP contribution in [0.4, 0.5) is 8.78 Å². The lowest BCUT2D eigenvalue weighted by atomic mass is 10.1. The Morgan fingerprint density at radius 2 is 2.35 bits per heavy atom. The molecule has 114 valence electrons. The van der Waals surface area contributed by atoms with Crippen molar-refractivity contribution in [3.05, 3.63) is 17.5 Å². The lowest BCUT2D eigenvalue weighted by Crippen LogP contribution is -2.40. The van der Waals surface area contributed by atoms with Gasteiger partial charge in [0.15, 0.2) is 0 Å². The summed E-state index contributed by atoms with van der Waals surface area (Å²) in [7, 11) is 1.81. The van der Waals surface area contributed by atoms with Crippen LogP contribution in [0.5, 0.6) is 0 Å². The van der Waals surface area contributed by atoms with Crippen LogP contribution in [0.25, 0.3) is 0 Å². The molecule has 0 saturated carbocycles. The van der Waals surface area contributed by atoms with Crippen molar-refractivity contribution in [3.8, 4) is 0 Å². The Labute approximate surface area is 122 Å². The Balaban J connectivity index is 0.00000200. The Hall–Kier alpha value is -1.21. The maximum atomic E-state index is 13.0. The average Bonchev–Trinajstić information content (AvgIpc) is 2.88. The number of hydrogen-bond donors (Lipinski definition) is 2. The molecule has 5 nitrogen and oxygen atoms in total. The highest BCUT2D eigenvalue weighted by molar-refractivity contribution is 5.85. The number of alkyl halides is 2. The summed E-state index contributed by atoms with van der Waals surface area (Å²) in [6, 6.07) is -0.809. The maximum Gasteiger partial charge on any atom is 0.262 e. The quantitative estimate of drug-likeness (QED) is 0.873. The Morgan fingerprint density at radius 3 is 2.90 bits per heavy atom. The number of rotatable bonds is 4. The van der Waals surface area contributed by atoms with E-state index in [1.165, 1.54) is 0 Å². The van der Waals surface area contributed by atoms with E-state index in [9.17, 15) is 13.6 Å². The van der Waals surface area contributed by atoms with Crippen LogP contribution in [0.2, 0.25) is 0 Å². The van der Waals surface area contributed by atoms with Crippen LogP contribution in [0.15, 0.2) is 6.20 Å². The smallest absolute Gasteiger partial charge is 0.262 e. The highest BCUT2D eigenvalue weighted by atomic mass is 35.5. The van der Waals surface area contributed by atoms with Gasteiger partial charge in [-0.05, 0) is 6.42 Å². The molecule has 2 rings (SSSR count). The molecule has 0 aliphatic carbocycles. The summed E-state index contributed by atoms with van der Waals surface area (Å²) in [6.07, 6.45) is 2.16. The van der Waals surface area contributed by atoms with Crippen molar-refractivity contribution in [2.45, 2.75) is 38.3 Å². The molecule has 20 heavy (non-hydrogen) atoms. The molecule has 1 unspecified atom stereocenters. The zero-order valence-electron chi connectivity index (χ0n) is 11.4. The number of halogens is 3. The first-order valence-electron chi connectivity index (χ1n) is 6.31. The molecule has 1 amide bonds. The zero-order chi connectivity index (χ0) is 14.0. The molecule has 1 aromatic heterocycles. The van der Waals surface area contributed by atoms with Crippen LogP contribution in [-0.2, 0) is 24.8 Å². The second-order valence-corrected chi connectivity index (χ2v) is 4.84. The van der Waals surface area contributed by atoms with E-state index in [4.69, 9.17) is 0 Å². The zero-order valence-corrected chi connectivity index (χ0v) is 12.3. The fourth-order valence-electron chi connectivity index (χ4n) is 2.24. The molecule has 1 aliphatic heterocycles. The molecule has 1 saturated heterocycles. The van der Waals surface area contributed by atoms with Gasteiger partial charge in [0.1, 0.15) is 0 Å². The van der Waals surface area contributed by atoms with E-state index >= 15 is 0 Å². The van der Waals surface area contributed by atoms with Crippen LogP contribution < -0.4 is 10.6 Å². The fraction of sp³-hybridized carbons (Fsp3) is 0.667. The van der Waals surface area contributed by atoms with Gasteiger partial charge < -0.3 is 5.32 Å². The van der Waals surface area contributed by atoms with Gasteiger partial charge in [-0.2, -0.15) is 5.10 Å². The predicted molar refractivity (Wildman–Crippen MR) is 73.0 cm³/mol. The first-order valence-corrected chi connectivity index (χ1v) is 6.31. The highest BCUT2D eigenvalue weighted by Crippen LogP contribution is 2.25. The molecule has 0 spiro atoms. The molecular formula is C12H19ClF2N4O. The third-order valence-electron chi connectivity index (χ3n) is 3.21. The minimum atomic E-state index is -2.79. The SMILES string of the molecule is CCc1nn(C)cc1CNC(=O)C1CC(F)(F)CN1.Cl. The summed E-state index contributed by atoms with van der Waals surface area (Å²) >= 11 is 0. The van der Waals surface area contributed by atoms with Gasteiger partial charge in [-0.15, -0.1) is 12.4 Å². The molecule has 0 aromatic carbocycles. The highest BCUT2D eigenvalue weighted by Gasteiger charge is 2.42. The minimum Gasteiger partial charge on any atom is -0.351 e. The summed E-state index contributed by atoms with van der Waals surface area (Å²) in [5.41, 5.74) is 1.83. The second-order valence-electron chi connectivity index (χ2n) is 4.84. The lowest BCUT2D eigenvalue weighted by Gasteiger charge is -2.11. The van der Waals surface area contributed by atoms with Crippen LogP contribution in [0.3, 0.4) is 0 Å². The molecule has 1 aromatic rings. The maximum absolute atomic E-state index is 13.0. The van der Waals surface area contributed by atoms with Crippen molar-refractivity contribution in [1.29, 1.82) is 0 Å². The van der Waals surface area contributed by atoms with Gasteiger partial charge in [0.25, 0.3) is 5.92 Å².